The van der Waals surface area contributed by atoms with Crippen LogP contribution >= 0.6 is 24.0 Å². The Bertz CT molecular complexity index is 590. The quantitative estimate of drug-likeness (QED) is 0.270. The van der Waals surface area contributed by atoms with Gasteiger partial charge in [0, 0.05) is 25.7 Å². The van der Waals surface area contributed by atoms with E-state index in [1.165, 1.54) is 6.42 Å². The third-order valence-corrected chi connectivity index (χ3v) is 7.18. The number of aliphatic imine (C=N–C) groups is 1. The maximum atomic E-state index is 11.6. The Balaban J connectivity index is 0.00000225. The van der Waals surface area contributed by atoms with E-state index in [1.807, 2.05) is 0 Å². The molecule has 2 saturated heterocycles. The molecule has 1 saturated carbocycles. The highest BCUT2D eigenvalue weighted by Crippen LogP contribution is 2.42. The minimum atomic E-state index is -2.84. The fourth-order valence-electron chi connectivity index (χ4n) is 3.82. The molecule has 0 amide bonds. The number of nitrogens with one attached hydrogen (secondary N) is 2. The van der Waals surface area contributed by atoms with Gasteiger partial charge in [-0.25, -0.2) is 8.42 Å². The minimum Gasteiger partial charge on any atom is -0.375 e. The predicted molar refractivity (Wildman–Crippen MR) is 111 cm³/mol. The molecule has 1 spiro atoms. The van der Waals surface area contributed by atoms with Crippen LogP contribution in [0.5, 0.6) is 0 Å². The molecule has 0 aromatic carbocycles. The molecule has 0 aromatic heterocycles. The summed E-state index contributed by atoms with van der Waals surface area (Å²) >= 11 is 0. The van der Waals surface area contributed by atoms with Crippen molar-refractivity contribution in [2.45, 2.75) is 50.2 Å². The maximum absolute atomic E-state index is 11.6. The van der Waals surface area contributed by atoms with Crippen molar-refractivity contribution < 1.29 is 13.2 Å². The molecule has 2 unspecified atom stereocenters. The first-order valence-electron chi connectivity index (χ1n) is 9.00. The molecule has 8 heteroatoms. The van der Waals surface area contributed by atoms with Gasteiger partial charge in [0.25, 0.3) is 0 Å². The van der Waals surface area contributed by atoms with Crippen molar-refractivity contribution in [3.05, 3.63) is 12.7 Å². The fourth-order valence-corrected chi connectivity index (χ4v) is 5.67. The fraction of sp³-hybridized carbons (Fsp3) is 0.824. The van der Waals surface area contributed by atoms with Gasteiger partial charge in [0.1, 0.15) is 0 Å². The summed E-state index contributed by atoms with van der Waals surface area (Å²) in [5.41, 5.74) is 0.0962. The molecule has 3 aliphatic rings. The Morgan fingerprint density at radius 3 is 2.76 bits per heavy atom. The normalized spacial score (nSPS) is 30.2. The summed E-state index contributed by atoms with van der Waals surface area (Å²) in [5.74, 6) is 1.48. The van der Waals surface area contributed by atoms with Crippen LogP contribution in [-0.4, -0.2) is 57.2 Å². The van der Waals surface area contributed by atoms with E-state index in [2.05, 4.69) is 22.2 Å². The van der Waals surface area contributed by atoms with Crippen LogP contribution < -0.4 is 10.6 Å². The zero-order valence-corrected chi connectivity index (χ0v) is 17.9. The first-order chi connectivity index (χ1) is 11.5. The molecule has 3 fully saturated rings. The zero-order chi connectivity index (χ0) is 17.0. The molecule has 0 bridgehead atoms. The van der Waals surface area contributed by atoms with E-state index in [-0.39, 0.29) is 41.2 Å². The van der Waals surface area contributed by atoms with E-state index in [4.69, 9.17) is 4.74 Å². The highest BCUT2D eigenvalue weighted by molar-refractivity contribution is 14.0. The van der Waals surface area contributed by atoms with Gasteiger partial charge < -0.3 is 15.4 Å². The molecule has 25 heavy (non-hydrogen) atoms. The van der Waals surface area contributed by atoms with Gasteiger partial charge in [-0.15, -0.1) is 30.6 Å². The van der Waals surface area contributed by atoms with Crippen molar-refractivity contribution >= 4 is 39.8 Å². The summed E-state index contributed by atoms with van der Waals surface area (Å²) in [4.78, 5) is 4.64. The molecule has 2 atom stereocenters. The summed E-state index contributed by atoms with van der Waals surface area (Å²) in [5, 5.41) is 6.78. The third-order valence-electron chi connectivity index (χ3n) is 5.35. The van der Waals surface area contributed by atoms with Gasteiger partial charge in [-0.1, -0.05) is 6.08 Å². The van der Waals surface area contributed by atoms with E-state index >= 15 is 0 Å². The number of hydrogen-bond acceptors (Lipinski definition) is 4. The second kappa shape index (κ2) is 9.03. The highest BCUT2D eigenvalue weighted by atomic mass is 127. The summed E-state index contributed by atoms with van der Waals surface area (Å²) < 4.78 is 29.1. The van der Waals surface area contributed by atoms with Crippen LogP contribution in [-0.2, 0) is 14.6 Å². The van der Waals surface area contributed by atoms with Crippen LogP contribution in [0.1, 0.15) is 38.5 Å². The Morgan fingerprint density at radius 1 is 1.36 bits per heavy atom. The smallest absolute Gasteiger partial charge is 0.191 e. The lowest BCUT2D eigenvalue weighted by Crippen LogP contribution is -2.54. The van der Waals surface area contributed by atoms with E-state index < -0.39 is 9.84 Å². The molecular weight excluding hydrogens is 453 g/mol. The average molecular weight is 483 g/mol. The van der Waals surface area contributed by atoms with Crippen molar-refractivity contribution in [1.29, 1.82) is 0 Å². The number of rotatable bonds is 5. The van der Waals surface area contributed by atoms with Crippen molar-refractivity contribution in [3.63, 3.8) is 0 Å². The van der Waals surface area contributed by atoms with Crippen LogP contribution in [0.15, 0.2) is 17.6 Å². The van der Waals surface area contributed by atoms with Crippen molar-refractivity contribution in [3.8, 4) is 0 Å². The second-order valence-corrected chi connectivity index (χ2v) is 9.58. The molecule has 2 heterocycles. The largest absolute Gasteiger partial charge is 0.375 e. The molecular formula is C17H30IN3O3S. The Hall–Kier alpha value is -0.350. The first-order valence-corrected chi connectivity index (χ1v) is 10.8. The lowest BCUT2D eigenvalue weighted by Gasteiger charge is -2.47. The van der Waals surface area contributed by atoms with Crippen molar-refractivity contribution in [2.75, 3.05) is 31.2 Å². The van der Waals surface area contributed by atoms with Gasteiger partial charge >= 0.3 is 0 Å². The van der Waals surface area contributed by atoms with E-state index in [9.17, 15) is 8.42 Å². The van der Waals surface area contributed by atoms with Crippen LogP contribution in [0, 0.1) is 5.92 Å². The van der Waals surface area contributed by atoms with Crippen LogP contribution in [0.4, 0.5) is 0 Å². The standard InChI is InChI=1S/C17H29N3O3S.HI/c1-2-8-18-16(19-12-14-5-10-24(21,22)13-14)20-15-4-9-23-17(11-15)6-3-7-17;/h2,14-15H,1,3-13H2,(H2,18,19,20);1H. The molecule has 2 N–H and O–H groups in total. The van der Waals surface area contributed by atoms with Gasteiger partial charge in [0.05, 0.1) is 17.1 Å². The number of nitrogens with zero attached hydrogens (tertiary/aromatic N) is 1. The summed E-state index contributed by atoms with van der Waals surface area (Å²) in [7, 11) is -2.84. The van der Waals surface area contributed by atoms with Gasteiger partial charge in [-0.2, -0.15) is 0 Å². The van der Waals surface area contributed by atoms with Gasteiger partial charge in [0.15, 0.2) is 15.8 Å². The van der Waals surface area contributed by atoms with Crippen LogP contribution in [0.2, 0.25) is 0 Å². The third kappa shape index (κ3) is 5.82. The molecule has 0 radical (unpaired) electrons. The first kappa shape index (κ1) is 21.0. The number of ether oxygens (including phenoxy) is 1. The minimum absolute atomic E-state index is 0. The van der Waals surface area contributed by atoms with Crippen LogP contribution in [0.3, 0.4) is 0 Å². The van der Waals surface area contributed by atoms with E-state index in [1.54, 1.807) is 6.08 Å². The van der Waals surface area contributed by atoms with Crippen molar-refractivity contribution in [2.24, 2.45) is 10.9 Å². The van der Waals surface area contributed by atoms with Crippen LogP contribution in [0.25, 0.3) is 0 Å². The summed E-state index contributed by atoms with van der Waals surface area (Å²) in [6.07, 6.45) is 8.12. The molecule has 3 rings (SSSR count). The van der Waals surface area contributed by atoms with Crippen molar-refractivity contribution in [1.82, 2.24) is 10.6 Å². The van der Waals surface area contributed by atoms with Gasteiger partial charge in [0.2, 0.25) is 0 Å². The topological polar surface area (TPSA) is 79.8 Å². The maximum Gasteiger partial charge on any atom is 0.191 e. The molecule has 2 aliphatic heterocycles. The monoisotopic (exact) mass is 483 g/mol. The summed E-state index contributed by atoms with van der Waals surface area (Å²) in [6.45, 7) is 5.73. The second-order valence-electron chi connectivity index (χ2n) is 7.35. The highest BCUT2D eigenvalue weighted by Gasteiger charge is 2.42. The number of sulfone groups is 1. The van der Waals surface area contributed by atoms with E-state index in [0.29, 0.717) is 24.9 Å². The number of halogens is 1. The van der Waals surface area contributed by atoms with E-state index in [0.717, 1.165) is 44.7 Å². The lowest BCUT2D eigenvalue weighted by molar-refractivity contribution is -0.134. The Morgan fingerprint density at radius 2 is 2.16 bits per heavy atom. The number of hydrogen-bond donors (Lipinski definition) is 2. The molecule has 6 nitrogen and oxygen atoms in total. The van der Waals surface area contributed by atoms with Gasteiger partial charge in [-0.3, -0.25) is 4.99 Å². The number of guanidine groups is 1. The molecule has 0 aromatic rings. The Kier molecular flexibility index (Phi) is 7.57. The average Bonchev–Trinajstić information content (AvgIpc) is 2.88. The molecule has 1 aliphatic carbocycles. The predicted octanol–water partition coefficient (Wildman–Crippen LogP) is 1.86. The lowest BCUT2D eigenvalue weighted by atomic mass is 9.74. The van der Waals surface area contributed by atoms with Gasteiger partial charge in [-0.05, 0) is 44.4 Å². The summed E-state index contributed by atoms with van der Waals surface area (Å²) in [6, 6.07) is 0.363. The Labute approximate surface area is 168 Å². The zero-order valence-electron chi connectivity index (χ0n) is 14.7. The molecule has 144 valence electrons. The SMILES string of the molecule is C=CCNC(=NCC1CCS(=O)(=O)C1)NC1CCOC2(CCC2)C1.I.